The Hall–Kier alpha value is -3.32. The molecule has 4 N–H and O–H groups in total. The first-order valence-electron chi connectivity index (χ1n) is 13.7. The molecule has 0 bridgehead atoms. The van der Waals surface area contributed by atoms with Crippen LogP contribution in [-0.2, 0) is 19.6 Å². The molecule has 2 amide bonds. The summed E-state index contributed by atoms with van der Waals surface area (Å²) in [6.45, 7) is 12.3. The van der Waals surface area contributed by atoms with Crippen LogP contribution in [0.25, 0.3) is 11.2 Å². The number of aromatic nitrogens is 4. The fraction of sp³-hybridized carbons (Fsp3) is 0.571. The van der Waals surface area contributed by atoms with Gasteiger partial charge in [-0.15, -0.1) is 0 Å². The van der Waals surface area contributed by atoms with E-state index in [2.05, 4.69) is 51.3 Å². The highest BCUT2D eigenvalue weighted by molar-refractivity contribution is 5.89. The van der Waals surface area contributed by atoms with Gasteiger partial charge in [0.25, 0.3) is 0 Å². The zero-order valence-electron chi connectivity index (χ0n) is 24.0. The molecule has 12 nitrogen and oxygen atoms in total. The highest BCUT2D eigenvalue weighted by Crippen LogP contribution is 2.44. The van der Waals surface area contributed by atoms with Crippen LogP contribution in [0.1, 0.15) is 52.8 Å². The van der Waals surface area contributed by atoms with Crippen LogP contribution < -0.4 is 16.4 Å². The number of nitrogens with one attached hydrogen (secondary N) is 2. The van der Waals surface area contributed by atoms with E-state index in [0.717, 1.165) is 18.7 Å². The lowest BCUT2D eigenvalue weighted by Gasteiger charge is -2.27. The lowest BCUT2D eigenvalue weighted by Crippen LogP contribution is -2.39. The Morgan fingerprint density at radius 1 is 1.12 bits per heavy atom. The van der Waals surface area contributed by atoms with Gasteiger partial charge in [-0.05, 0) is 57.0 Å². The number of ether oxygens (including phenoxy) is 3. The van der Waals surface area contributed by atoms with Crippen LogP contribution in [0, 0.1) is 0 Å². The van der Waals surface area contributed by atoms with Crippen LogP contribution in [0.2, 0.25) is 0 Å². The maximum atomic E-state index is 12.4. The molecule has 5 rings (SSSR count). The number of nitrogens with zero attached hydrogens (tertiary/aromatic N) is 5. The van der Waals surface area contributed by atoms with Crippen molar-refractivity contribution in [3.63, 3.8) is 0 Å². The second-order valence-electron chi connectivity index (χ2n) is 12.0. The first-order valence-corrected chi connectivity index (χ1v) is 13.7. The maximum absolute atomic E-state index is 12.4. The molecule has 2 aliphatic rings. The molecule has 0 radical (unpaired) electrons. The van der Waals surface area contributed by atoms with Crippen molar-refractivity contribution in [2.45, 2.75) is 76.8 Å². The average Bonchev–Trinajstić information content (AvgIpc) is 3.54. The van der Waals surface area contributed by atoms with Crippen molar-refractivity contribution in [2.75, 3.05) is 37.7 Å². The Labute approximate surface area is 234 Å². The maximum Gasteiger partial charge on any atom is 0.319 e. The monoisotopic (exact) mass is 552 g/mol. The van der Waals surface area contributed by atoms with Gasteiger partial charge in [0.2, 0.25) is 0 Å². The van der Waals surface area contributed by atoms with Gasteiger partial charge in [-0.25, -0.2) is 19.7 Å². The number of likely N-dealkylation sites (N-methyl/N-ethyl adjacent to an activating group) is 1. The number of anilines is 2. The molecule has 1 aromatic carbocycles. The molecule has 3 aromatic rings. The van der Waals surface area contributed by atoms with Crippen molar-refractivity contribution < 1.29 is 19.0 Å². The lowest BCUT2D eigenvalue weighted by atomic mass is 9.87. The second kappa shape index (κ2) is 10.9. The Morgan fingerprint density at radius 2 is 1.85 bits per heavy atom. The van der Waals surface area contributed by atoms with E-state index in [1.54, 1.807) is 6.33 Å². The summed E-state index contributed by atoms with van der Waals surface area (Å²) in [5.74, 6) is -0.414. The van der Waals surface area contributed by atoms with Gasteiger partial charge in [0.05, 0.1) is 6.33 Å². The molecule has 4 atom stereocenters. The van der Waals surface area contributed by atoms with Crippen molar-refractivity contribution >= 4 is 28.7 Å². The smallest absolute Gasteiger partial charge is 0.319 e. The molecule has 2 aliphatic heterocycles. The predicted molar refractivity (Wildman–Crippen MR) is 152 cm³/mol. The molecule has 0 spiro atoms. The molecule has 4 heterocycles. The van der Waals surface area contributed by atoms with Crippen LogP contribution in [0.5, 0.6) is 0 Å². The number of amides is 2. The summed E-state index contributed by atoms with van der Waals surface area (Å²) >= 11 is 0. The number of carbonyl (C=O) groups excluding carboxylic acids is 1. The van der Waals surface area contributed by atoms with Gasteiger partial charge in [0, 0.05) is 18.8 Å². The summed E-state index contributed by atoms with van der Waals surface area (Å²) in [6.07, 6.45) is 2.58. The van der Waals surface area contributed by atoms with E-state index in [4.69, 9.17) is 19.9 Å². The molecule has 12 heteroatoms. The van der Waals surface area contributed by atoms with Gasteiger partial charge < -0.3 is 35.5 Å². The van der Waals surface area contributed by atoms with Crippen molar-refractivity contribution in [1.82, 2.24) is 29.7 Å². The Balaban J connectivity index is 1.12. The summed E-state index contributed by atoms with van der Waals surface area (Å²) in [5.41, 5.74) is 9.17. The third-order valence-electron chi connectivity index (χ3n) is 7.29. The molecular weight excluding hydrogens is 512 g/mol. The molecule has 216 valence electrons. The van der Waals surface area contributed by atoms with Crippen molar-refractivity contribution in [1.29, 1.82) is 0 Å². The second-order valence-corrected chi connectivity index (χ2v) is 12.0. The highest BCUT2D eigenvalue weighted by Gasteiger charge is 2.56. The third-order valence-corrected chi connectivity index (χ3v) is 7.29. The van der Waals surface area contributed by atoms with Crippen LogP contribution in [0.3, 0.4) is 0 Å². The predicted octanol–water partition coefficient (Wildman–Crippen LogP) is 3.27. The van der Waals surface area contributed by atoms with E-state index in [9.17, 15) is 4.79 Å². The fourth-order valence-corrected chi connectivity index (χ4v) is 5.26. The van der Waals surface area contributed by atoms with Gasteiger partial charge in [0.15, 0.2) is 23.5 Å². The lowest BCUT2D eigenvalue weighted by molar-refractivity contribution is -0.197. The molecular formula is C28H40N8O4. The SMILES string of the molecule is CN(CCCNC(=O)Nc1ccc(C(C)(C)C)cc1)C[C@H]1OC(n2cnc3c(N)ncnc32)[C@@H]2OC(C)(C)O[C@H]12. The quantitative estimate of drug-likeness (QED) is 0.359. The summed E-state index contributed by atoms with van der Waals surface area (Å²) in [7, 11) is 2.03. The third kappa shape index (κ3) is 6.04. The number of hydrogen-bond donors (Lipinski definition) is 3. The molecule has 2 saturated heterocycles. The normalized spacial score (nSPS) is 24.0. The van der Waals surface area contributed by atoms with Gasteiger partial charge >= 0.3 is 6.03 Å². The Bertz CT molecular complexity index is 1340. The molecule has 40 heavy (non-hydrogen) atoms. The largest absolute Gasteiger partial charge is 0.382 e. The fourth-order valence-electron chi connectivity index (χ4n) is 5.26. The van der Waals surface area contributed by atoms with Crippen LogP contribution >= 0.6 is 0 Å². The minimum absolute atomic E-state index is 0.0721. The Morgan fingerprint density at radius 3 is 2.58 bits per heavy atom. The zero-order valence-corrected chi connectivity index (χ0v) is 24.0. The highest BCUT2D eigenvalue weighted by atomic mass is 16.8. The van der Waals surface area contributed by atoms with Gasteiger partial charge in [-0.1, -0.05) is 32.9 Å². The summed E-state index contributed by atoms with van der Waals surface area (Å²) in [4.78, 5) is 27.3. The number of fused-ring (bicyclic) bond motifs is 2. The summed E-state index contributed by atoms with van der Waals surface area (Å²) in [6, 6.07) is 7.74. The van der Waals surface area contributed by atoms with Crippen LogP contribution in [-0.4, -0.2) is 81.2 Å². The van der Waals surface area contributed by atoms with Gasteiger partial charge in [0.1, 0.15) is 30.2 Å². The number of carbonyl (C=O) groups is 1. The van der Waals surface area contributed by atoms with Crippen molar-refractivity contribution in [2.24, 2.45) is 0 Å². The first kappa shape index (κ1) is 28.2. The molecule has 0 saturated carbocycles. The van der Waals surface area contributed by atoms with Crippen molar-refractivity contribution in [3.8, 4) is 0 Å². The van der Waals surface area contributed by atoms with E-state index < -0.39 is 12.0 Å². The first-order chi connectivity index (χ1) is 18.9. The van der Waals surface area contributed by atoms with E-state index in [1.807, 2.05) is 49.7 Å². The van der Waals surface area contributed by atoms with Gasteiger partial charge in [-0.3, -0.25) is 4.57 Å². The number of urea groups is 1. The zero-order chi connectivity index (χ0) is 28.7. The molecule has 2 aromatic heterocycles. The van der Waals surface area contributed by atoms with E-state index in [0.29, 0.717) is 30.1 Å². The number of hydrogen-bond acceptors (Lipinski definition) is 9. The minimum Gasteiger partial charge on any atom is -0.382 e. The number of nitrogens with two attached hydrogens (primary N) is 1. The average molecular weight is 553 g/mol. The minimum atomic E-state index is -0.733. The van der Waals surface area contributed by atoms with E-state index in [1.165, 1.54) is 11.9 Å². The van der Waals surface area contributed by atoms with E-state index >= 15 is 0 Å². The topological polar surface area (TPSA) is 142 Å². The summed E-state index contributed by atoms with van der Waals surface area (Å²) < 4.78 is 20.8. The summed E-state index contributed by atoms with van der Waals surface area (Å²) in [5, 5.41) is 5.83. The van der Waals surface area contributed by atoms with Crippen LogP contribution in [0.4, 0.5) is 16.3 Å². The molecule has 0 aliphatic carbocycles. The standard InChI is InChI=1S/C28H40N8O4/c1-27(2,3)17-8-10-18(11-9-17)34-26(37)30-12-7-13-35(6)14-19-21-22(40-28(4,5)39-21)25(38-19)36-16-33-20-23(29)31-15-32-24(20)36/h8-11,15-16,19,21-22,25H,7,12-14H2,1-6H3,(H2,29,31,32)(H2,30,34,37)/t19-,21-,22-,25?/m1/s1. The van der Waals surface area contributed by atoms with Crippen LogP contribution in [0.15, 0.2) is 36.9 Å². The number of benzene rings is 1. The van der Waals surface area contributed by atoms with Crippen molar-refractivity contribution in [3.05, 3.63) is 42.5 Å². The number of imidazole rings is 1. The molecule has 1 unspecified atom stereocenters. The van der Waals surface area contributed by atoms with E-state index in [-0.39, 0.29) is 29.8 Å². The van der Waals surface area contributed by atoms with Gasteiger partial charge in [-0.2, -0.15) is 0 Å². The number of nitrogen functional groups attached to an aromatic ring is 1. The molecule has 2 fully saturated rings. The number of rotatable bonds is 8. The Kier molecular flexibility index (Phi) is 7.71.